The van der Waals surface area contributed by atoms with Gasteiger partial charge in [-0.05, 0) is 37.5 Å². The Morgan fingerprint density at radius 1 is 1.56 bits per heavy atom. The first kappa shape index (κ1) is 12.2. The van der Waals surface area contributed by atoms with Crippen LogP contribution in [0.25, 0.3) is 0 Å². The molecule has 4 heteroatoms. The number of hydrogen-bond acceptors (Lipinski definition) is 3. The SMILES string of the molecule is C=CCNC(=O)C(C)N1CC2CC3CC2C1C3O. The maximum absolute atomic E-state index is 12.0. The number of nitrogens with one attached hydrogen (secondary N) is 1. The van der Waals surface area contributed by atoms with E-state index in [4.69, 9.17) is 0 Å². The lowest BCUT2D eigenvalue weighted by Gasteiger charge is -2.32. The first-order valence-corrected chi connectivity index (χ1v) is 6.96. The zero-order valence-electron chi connectivity index (χ0n) is 10.9. The van der Waals surface area contributed by atoms with Gasteiger partial charge in [0.25, 0.3) is 0 Å². The normalized spacial score (nSPS) is 43.1. The molecule has 3 rings (SSSR count). The third-order valence-corrected chi connectivity index (χ3v) is 5.18. The fourth-order valence-corrected chi connectivity index (χ4v) is 4.36. The van der Waals surface area contributed by atoms with Gasteiger partial charge < -0.3 is 10.4 Å². The summed E-state index contributed by atoms with van der Waals surface area (Å²) in [6.45, 7) is 7.04. The molecular weight excluding hydrogens is 228 g/mol. The summed E-state index contributed by atoms with van der Waals surface area (Å²) < 4.78 is 0. The van der Waals surface area contributed by atoms with Gasteiger partial charge in [-0.1, -0.05) is 6.08 Å². The first-order valence-electron chi connectivity index (χ1n) is 6.96. The number of hydrogen-bond donors (Lipinski definition) is 2. The highest BCUT2D eigenvalue weighted by atomic mass is 16.3. The summed E-state index contributed by atoms with van der Waals surface area (Å²) in [5, 5.41) is 13.1. The van der Waals surface area contributed by atoms with Crippen LogP contribution in [0.15, 0.2) is 12.7 Å². The number of rotatable bonds is 4. The predicted octanol–water partition coefficient (Wildman–Crippen LogP) is 0.378. The molecule has 2 N–H and O–H groups in total. The number of likely N-dealkylation sites (tertiary alicyclic amines) is 1. The number of aliphatic hydroxyl groups excluding tert-OH is 1. The lowest BCUT2D eigenvalue weighted by molar-refractivity contribution is -0.126. The van der Waals surface area contributed by atoms with E-state index in [0.717, 1.165) is 19.4 Å². The molecular formula is C14H22N2O2. The molecule has 1 aliphatic heterocycles. The van der Waals surface area contributed by atoms with Gasteiger partial charge in [-0.25, -0.2) is 0 Å². The largest absolute Gasteiger partial charge is 0.391 e. The zero-order valence-corrected chi connectivity index (χ0v) is 10.9. The van der Waals surface area contributed by atoms with Crippen LogP contribution in [0.3, 0.4) is 0 Å². The summed E-state index contributed by atoms with van der Waals surface area (Å²) in [7, 11) is 0. The van der Waals surface area contributed by atoms with Crippen molar-refractivity contribution < 1.29 is 9.90 Å². The number of aliphatic hydroxyl groups is 1. The Balaban J connectivity index is 1.70. The second-order valence-electron chi connectivity index (χ2n) is 6.04. The highest BCUT2D eigenvalue weighted by Crippen LogP contribution is 2.55. The van der Waals surface area contributed by atoms with Crippen molar-refractivity contribution in [2.45, 2.75) is 38.0 Å². The van der Waals surface area contributed by atoms with Crippen LogP contribution < -0.4 is 5.32 Å². The van der Waals surface area contributed by atoms with Crippen molar-refractivity contribution in [2.24, 2.45) is 17.8 Å². The molecule has 0 spiro atoms. The summed E-state index contributed by atoms with van der Waals surface area (Å²) >= 11 is 0. The molecule has 3 fully saturated rings. The number of carbonyl (C=O) groups excluding carboxylic acids is 1. The summed E-state index contributed by atoms with van der Waals surface area (Å²) in [4.78, 5) is 14.2. The predicted molar refractivity (Wildman–Crippen MR) is 68.9 cm³/mol. The minimum atomic E-state index is -0.219. The van der Waals surface area contributed by atoms with Gasteiger partial charge >= 0.3 is 0 Å². The van der Waals surface area contributed by atoms with E-state index in [0.29, 0.717) is 24.3 Å². The van der Waals surface area contributed by atoms with E-state index in [-0.39, 0.29) is 24.1 Å². The average Bonchev–Trinajstić information content (AvgIpc) is 2.95. The van der Waals surface area contributed by atoms with Crippen LogP contribution in [0.5, 0.6) is 0 Å². The van der Waals surface area contributed by atoms with E-state index in [9.17, 15) is 9.90 Å². The van der Waals surface area contributed by atoms with E-state index in [1.54, 1.807) is 6.08 Å². The number of carbonyl (C=O) groups is 1. The molecule has 6 unspecified atom stereocenters. The maximum atomic E-state index is 12.0. The zero-order chi connectivity index (χ0) is 12.9. The van der Waals surface area contributed by atoms with Crippen LogP contribution in [0.1, 0.15) is 19.8 Å². The van der Waals surface area contributed by atoms with E-state index < -0.39 is 0 Å². The van der Waals surface area contributed by atoms with Crippen molar-refractivity contribution in [3.63, 3.8) is 0 Å². The van der Waals surface area contributed by atoms with Crippen LogP contribution in [0.2, 0.25) is 0 Å². The molecule has 0 aromatic rings. The number of amides is 1. The Kier molecular flexibility index (Phi) is 2.94. The van der Waals surface area contributed by atoms with Crippen LogP contribution in [0.4, 0.5) is 0 Å². The van der Waals surface area contributed by atoms with Gasteiger partial charge in [-0.3, -0.25) is 9.69 Å². The fourth-order valence-electron chi connectivity index (χ4n) is 4.36. The van der Waals surface area contributed by atoms with Crippen molar-refractivity contribution >= 4 is 5.91 Å². The van der Waals surface area contributed by atoms with Gasteiger partial charge in [0, 0.05) is 19.1 Å². The summed E-state index contributed by atoms with van der Waals surface area (Å²) in [5.41, 5.74) is 0. The molecule has 18 heavy (non-hydrogen) atoms. The molecule has 0 radical (unpaired) electrons. The molecule has 2 bridgehead atoms. The highest BCUT2D eigenvalue weighted by molar-refractivity contribution is 5.81. The molecule has 1 heterocycles. The Morgan fingerprint density at radius 3 is 3.00 bits per heavy atom. The summed E-state index contributed by atoms with van der Waals surface area (Å²) in [5.74, 6) is 1.86. The monoisotopic (exact) mass is 250 g/mol. The third kappa shape index (κ3) is 1.62. The molecule has 4 nitrogen and oxygen atoms in total. The molecule has 1 saturated heterocycles. The minimum Gasteiger partial charge on any atom is -0.391 e. The van der Waals surface area contributed by atoms with E-state index in [2.05, 4.69) is 16.8 Å². The lowest BCUT2D eigenvalue weighted by atomic mass is 9.88. The van der Waals surface area contributed by atoms with Gasteiger partial charge in [0.2, 0.25) is 5.91 Å². The number of fused-ring (bicyclic) bond motifs is 1. The van der Waals surface area contributed by atoms with Gasteiger partial charge in [0.15, 0.2) is 0 Å². The fraction of sp³-hybridized carbons (Fsp3) is 0.786. The van der Waals surface area contributed by atoms with Crippen LogP contribution >= 0.6 is 0 Å². The third-order valence-electron chi connectivity index (χ3n) is 5.18. The molecule has 1 amide bonds. The first-order chi connectivity index (χ1) is 8.63. The van der Waals surface area contributed by atoms with Crippen LogP contribution in [0, 0.1) is 17.8 Å². The maximum Gasteiger partial charge on any atom is 0.237 e. The van der Waals surface area contributed by atoms with Crippen molar-refractivity contribution in [2.75, 3.05) is 13.1 Å². The van der Waals surface area contributed by atoms with Gasteiger partial charge in [-0.15, -0.1) is 6.58 Å². The van der Waals surface area contributed by atoms with Crippen LogP contribution in [-0.4, -0.2) is 47.2 Å². The molecule has 0 aromatic carbocycles. The van der Waals surface area contributed by atoms with Crippen LogP contribution in [-0.2, 0) is 4.79 Å². The van der Waals surface area contributed by atoms with E-state index in [1.807, 2.05) is 6.92 Å². The standard InChI is InChI=1S/C14H22N2O2/c1-3-4-15-14(18)8(2)16-7-10-5-9-6-11(10)12(16)13(9)17/h3,8-13,17H,1,4-7H2,2H3,(H,15,18). The van der Waals surface area contributed by atoms with Crippen molar-refractivity contribution in [1.82, 2.24) is 10.2 Å². The second-order valence-corrected chi connectivity index (χ2v) is 6.04. The van der Waals surface area contributed by atoms with Crippen molar-refractivity contribution in [1.29, 1.82) is 0 Å². The summed E-state index contributed by atoms with van der Waals surface area (Å²) in [6.07, 6.45) is 3.79. The van der Waals surface area contributed by atoms with Crippen molar-refractivity contribution in [3.8, 4) is 0 Å². The quantitative estimate of drug-likeness (QED) is 0.709. The smallest absolute Gasteiger partial charge is 0.237 e. The Morgan fingerprint density at radius 2 is 2.33 bits per heavy atom. The Hall–Kier alpha value is -0.870. The lowest BCUT2D eigenvalue weighted by Crippen LogP contribution is -2.50. The second kappa shape index (κ2) is 4.35. The number of nitrogens with zero attached hydrogens (tertiary/aromatic N) is 1. The molecule has 0 aromatic heterocycles. The van der Waals surface area contributed by atoms with Gasteiger partial charge in [0.05, 0.1) is 12.1 Å². The van der Waals surface area contributed by atoms with Crippen molar-refractivity contribution in [3.05, 3.63) is 12.7 Å². The summed E-state index contributed by atoms with van der Waals surface area (Å²) in [6, 6.07) is 0.0761. The average molecular weight is 250 g/mol. The molecule has 2 aliphatic carbocycles. The van der Waals surface area contributed by atoms with E-state index >= 15 is 0 Å². The topological polar surface area (TPSA) is 52.6 Å². The molecule has 2 saturated carbocycles. The Bertz CT molecular complexity index is 369. The van der Waals surface area contributed by atoms with E-state index in [1.165, 1.54) is 0 Å². The van der Waals surface area contributed by atoms with Gasteiger partial charge in [0.1, 0.15) is 0 Å². The van der Waals surface area contributed by atoms with Gasteiger partial charge in [-0.2, -0.15) is 0 Å². The minimum absolute atomic E-state index is 0.0480. The highest BCUT2D eigenvalue weighted by Gasteiger charge is 2.59. The molecule has 6 atom stereocenters. The Labute approximate surface area is 108 Å². The molecule has 100 valence electrons. The molecule has 3 aliphatic rings.